The molecule has 0 aliphatic heterocycles. The third kappa shape index (κ3) is 4.94. The summed E-state index contributed by atoms with van der Waals surface area (Å²) in [5, 5.41) is 5.36. The van der Waals surface area contributed by atoms with Gasteiger partial charge in [-0.25, -0.2) is 4.79 Å². The van der Waals surface area contributed by atoms with Crippen LogP contribution in [0.2, 0.25) is 0 Å². The quantitative estimate of drug-likeness (QED) is 0.536. The van der Waals surface area contributed by atoms with Gasteiger partial charge in [-0.3, -0.25) is 9.78 Å². The number of hydrogen-bond donors (Lipinski definition) is 1. The number of esters is 1. The van der Waals surface area contributed by atoms with Crippen LogP contribution in [0, 0.1) is 0 Å². The van der Waals surface area contributed by atoms with E-state index in [0.29, 0.717) is 10.6 Å². The van der Waals surface area contributed by atoms with Crippen molar-refractivity contribution >= 4 is 28.2 Å². The van der Waals surface area contributed by atoms with Gasteiger partial charge in [0.25, 0.3) is 0 Å². The number of carbonyl (C=O) groups is 2. The van der Waals surface area contributed by atoms with Crippen LogP contribution in [0.5, 0.6) is 0 Å². The Kier molecular flexibility index (Phi) is 6.54. The van der Waals surface area contributed by atoms with Gasteiger partial charge in [-0.1, -0.05) is 36.8 Å². The van der Waals surface area contributed by atoms with Crippen molar-refractivity contribution in [3.8, 4) is 11.1 Å². The molecule has 1 amide bonds. The minimum absolute atomic E-state index is 0.0516. The fourth-order valence-electron chi connectivity index (χ4n) is 3.74. The van der Waals surface area contributed by atoms with Gasteiger partial charge in [0.05, 0.1) is 6.42 Å². The lowest BCUT2D eigenvalue weighted by Gasteiger charge is -2.22. The van der Waals surface area contributed by atoms with E-state index >= 15 is 0 Å². The van der Waals surface area contributed by atoms with Crippen LogP contribution < -0.4 is 5.32 Å². The molecule has 154 valence electrons. The maximum absolute atomic E-state index is 13.1. The summed E-state index contributed by atoms with van der Waals surface area (Å²) in [5.41, 5.74) is 2.99. The number of benzene rings is 1. The lowest BCUT2D eigenvalue weighted by Crippen LogP contribution is -2.22. The first-order valence-corrected chi connectivity index (χ1v) is 11.2. The lowest BCUT2D eigenvalue weighted by molar-refractivity contribution is -0.115. The van der Waals surface area contributed by atoms with Crippen molar-refractivity contribution in [2.24, 2.45) is 0 Å². The summed E-state index contributed by atoms with van der Waals surface area (Å²) in [5.74, 6) is -0.527. The van der Waals surface area contributed by atoms with Crippen molar-refractivity contribution < 1.29 is 14.3 Å². The van der Waals surface area contributed by atoms with Crippen LogP contribution in [0.15, 0.2) is 60.2 Å². The molecule has 0 atom stereocenters. The molecule has 5 nitrogen and oxygen atoms in total. The maximum atomic E-state index is 13.1. The number of hydrogen-bond acceptors (Lipinski definition) is 5. The van der Waals surface area contributed by atoms with E-state index in [-0.39, 0.29) is 24.4 Å². The topological polar surface area (TPSA) is 68.3 Å². The van der Waals surface area contributed by atoms with Crippen LogP contribution in [0.1, 0.15) is 48.0 Å². The zero-order valence-electron chi connectivity index (χ0n) is 16.7. The monoisotopic (exact) mass is 420 g/mol. The van der Waals surface area contributed by atoms with Crippen LogP contribution in [-0.2, 0) is 16.0 Å². The first-order valence-electron chi connectivity index (χ1n) is 10.3. The highest BCUT2D eigenvalue weighted by Crippen LogP contribution is 2.37. The Morgan fingerprint density at radius 2 is 1.77 bits per heavy atom. The number of amides is 1. The van der Waals surface area contributed by atoms with E-state index in [4.69, 9.17) is 4.74 Å². The standard InChI is InChI=1S/C24H24N2O3S/c27-21(15-17-7-3-1-4-8-17)26-23-22(24(28)29-19-9-5-2-6-10-19)20(16-30-23)18-11-13-25-14-12-18/h1,3-4,7-8,11-14,16,19H,2,5-6,9-10,15H2,(H,26,27). The van der Waals surface area contributed by atoms with Gasteiger partial charge >= 0.3 is 5.97 Å². The highest BCUT2D eigenvalue weighted by Gasteiger charge is 2.26. The minimum Gasteiger partial charge on any atom is -0.459 e. The molecule has 6 heteroatoms. The van der Waals surface area contributed by atoms with E-state index in [1.165, 1.54) is 17.8 Å². The molecular weight excluding hydrogens is 396 g/mol. The van der Waals surface area contributed by atoms with Crippen LogP contribution in [0.25, 0.3) is 11.1 Å². The van der Waals surface area contributed by atoms with Gasteiger partial charge in [0.15, 0.2) is 0 Å². The Bertz CT molecular complexity index is 996. The number of anilines is 1. The SMILES string of the molecule is O=C(Cc1ccccc1)Nc1scc(-c2ccncc2)c1C(=O)OC1CCCCC1. The van der Waals surface area contributed by atoms with Crippen LogP contribution in [-0.4, -0.2) is 23.0 Å². The number of carbonyl (C=O) groups excluding carboxylic acids is 2. The van der Waals surface area contributed by atoms with Gasteiger partial charge in [0.2, 0.25) is 5.91 Å². The number of nitrogens with zero attached hydrogens (tertiary/aromatic N) is 1. The molecule has 30 heavy (non-hydrogen) atoms. The molecular formula is C24H24N2O3S. The number of rotatable bonds is 6. The van der Waals surface area contributed by atoms with Crippen LogP contribution in [0.3, 0.4) is 0 Å². The van der Waals surface area contributed by atoms with E-state index in [1.54, 1.807) is 12.4 Å². The molecule has 0 bridgehead atoms. The van der Waals surface area contributed by atoms with Gasteiger partial charge in [-0.05, 0) is 48.9 Å². The summed E-state index contributed by atoms with van der Waals surface area (Å²) in [6, 6.07) is 13.3. The van der Waals surface area contributed by atoms with E-state index in [9.17, 15) is 9.59 Å². The molecule has 1 saturated carbocycles. The molecule has 1 fully saturated rings. The third-order valence-corrected chi connectivity index (χ3v) is 6.17. The van der Waals surface area contributed by atoms with E-state index in [2.05, 4.69) is 10.3 Å². The average Bonchev–Trinajstić information content (AvgIpc) is 3.19. The summed E-state index contributed by atoms with van der Waals surface area (Å²) in [6.07, 6.45) is 8.74. The Morgan fingerprint density at radius 3 is 2.50 bits per heavy atom. The summed E-state index contributed by atoms with van der Waals surface area (Å²) in [6.45, 7) is 0. The molecule has 1 aliphatic rings. The number of thiophene rings is 1. The molecule has 2 heterocycles. The van der Waals surface area contributed by atoms with Crippen molar-refractivity contribution in [2.45, 2.75) is 44.6 Å². The van der Waals surface area contributed by atoms with Gasteiger partial charge in [0, 0.05) is 23.3 Å². The molecule has 1 aliphatic carbocycles. The van der Waals surface area contributed by atoms with Crippen molar-refractivity contribution in [1.29, 1.82) is 0 Å². The van der Waals surface area contributed by atoms with Gasteiger partial charge < -0.3 is 10.1 Å². The summed E-state index contributed by atoms with van der Waals surface area (Å²) < 4.78 is 5.84. The molecule has 2 aromatic heterocycles. The van der Waals surface area contributed by atoms with E-state index < -0.39 is 0 Å². The predicted molar refractivity (Wildman–Crippen MR) is 119 cm³/mol. The second kappa shape index (κ2) is 9.67. The van der Waals surface area contributed by atoms with Crippen LogP contribution in [0.4, 0.5) is 5.00 Å². The average molecular weight is 421 g/mol. The van der Waals surface area contributed by atoms with Crippen molar-refractivity contribution in [3.63, 3.8) is 0 Å². The minimum atomic E-state index is -0.370. The molecule has 0 unspecified atom stereocenters. The van der Waals surface area contributed by atoms with Gasteiger partial charge in [0.1, 0.15) is 16.7 Å². The zero-order chi connectivity index (χ0) is 20.8. The fourth-order valence-corrected chi connectivity index (χ4v) is 4.72. The largest absolute Gasteiger partial charge is 0.459 e. The first kappa shape index (κ1) is 20.3. The van der Waals surface area contributed by atoms with E-state index in [1.807, 2.05) is 47.8 Å². The Balaban J connectivity index is 1.58. The number of ether oxygens (including phenoxy) is 1. The Morgan fingerprint density at radius 1 is 1.03 bits per heavy atom. The summed E-state index contributed by atoms with van der Waals surface area (Å²) >= 11 is 1.35. The predicted octanol–water partition coefficient (Wildman–Crippen LogP) is 5.48. The summed E-state index contributed by atoms with van der Waals surface area (Å²) in [7, 11) is 0. The highest BCUT2D eigenvalue weighted by atomic mass is 32.1. The molecule has 0 saturated heterocycles. The van der Waals surface area contributed by atoms with Crippen molar-refractivity contribution in [1.82, 2.24) is 4.98 Å². The smallest absolute Gasteiger partial charge is 0.342 e. The number of nitrogens with one attached hydrogen (secondary N) is 1. The second-order valence-corrected chi connectivity index (χ2v) is 8.34. The molecule has 0 radical (unpaired) electrons. The Labute approximate surface area is 180 Å². The van der Waals surface area contributed by atoms with Crippen molar-refractivity contribution in [3.05, 3.63) is 71.4 Å². The highest BCUT2D eigenvalue weighted by molar-refractivity contribution is 7.15. The number of pyridine rings is 1. The number of aromatic nitrogens is 1. The van der Waals surface area contributed by atoms with Gasteiger partial charge in [-0.15, -0.1) is 11.3 Å². The second-order valence-electron chi connectivity index (χ2n) is 7.47. The molecule has 1 N–H and O–H groups in total. The normalized spacial score (nSPS) is 14.3. The molecule has 0 spiro atoms. The molecule has 1 aromatic carbocycles. The first-order chi connectivity index (χ1) is 14.7. The summed E-state index contributed by atoms with van der Waals surface area (Å²) in [4.78, 5) is 29.8. The van der Waals surface area contributed by atoms with Crippen molar-refractivity contribution in [2.75, 3.05) is 5.32 Å². The van der Waals surface area contributed by atoms with Crippen LogP contribution >= 0.6 is 11.3 Å². The lowest BCUT2D eigenvalue weighted by atomic mass is 9.97. The molecule has 4 rings (SSSR count). The van der Waals surface area contributed by atoms with Gasteiger partial charge in [-0.2, -0.15) is 0 Å². The fraction of sp³-hybridized carbons (Fsp3) is 0.292. The molecule has 3 aromatic rings. The van der Waals surface area contributed by atoms with E-state index in [0.717, 1.165) is 42.4 Å². The Hall–Kier alpha value is -2.99. The maximum Gasteiger partial charge on any atom is 0.342 e. The third-order valence-electron chi connectivity index (χ3n) is 5.27. The zero-order valence-corrected chi connectivity index (χ0v) is 17.5.